The molecule has 0 spiro atoms. The van der Waals surface area contributed by atoms with E-state index < -0.39 is 15.3 Å². The summed E-state index contributed by atoms with van der Waals surface area (Å²) in [6.45, 7) is 2.43. The molecule has 1 aliphatic carbocycles. The van der Waals surface area contributed by atoms with Gasteiger partial charge >= 0.3 is 0 Å². The molecular formula is C10H18ClNO2S. The average Bonchev–Trinajstić information content (AvgIpc) is 2.29. The fourth-order valence-corrected chi connectivity index (χ4v) is 4.79. The van der Waals surface area contributed by atoms with Crippen molar-refractivity contribution >= 4 is 21.6 Å². The number of alkyl halides is 1. The molecule has 3 aliphatic rings. The quantitative estimate of drug-likeness (QED) is 0.718. The van der Waals surface area contributed by atoms with Crippen LogP contribution in [0.15, 0.2) is 0 Å². The number of hydrogen-bond acceptors (Lipinski definition) is 2. The van der Waals surface area contributed by atoms with E-state index in [1.54, 1.807) is 11.2 Å². The summed E-state index contributed by atoms with van der Waals surface area (Å²) >= 11 is 5.65. The fourth-order valence-electron chi connectivity index (χ4n) is 2.64. The zero-order chi connectivity index (χ0) is 11.1. The van der Waals surface area contributed by atoms with E-state index in [2.05, 4.69) is 0 Å². The molecule has 3 nitrogen and oxygen atoms in total. The second kappa shape index (κ2) is 4.22. The minimum absolute atomic E-state index is 0.191. The average molecular weight is 252 g/mol. The summed E-state index contributed by atoms with van der Waals surface area (Å²) in [6.07, 6.45) is 4.48. The molecule has 0 radical (unpaired) electrons. The highest BCUT2D eigenvalue weighted by Crippen LogP contribution is 2.37. The lowest BCUT2D eigenvalue weighted by atomic mass is 9.82. The van der Waals surface area contributed by atoms with Gasteiger partial charge in [0, 0.05) is 18.5 Å². The molecule has 0 N–H and O–H groups in total. The van der Waals surface area contributed by atoms with E-state index in [4.69, 9.17) is 11.6 Å². The van der Waals surface area contributed by atoms with Crippen LogP contribution in [-0.4, -0.2) is 36.4 Å². The molecule has 3 rings (SSSR count). The Labute approximate surface area is 96.8 Å². The third-order valence-corrected chi connectivity index (χ3v) is 6.64. The Morgan fingerprint density at radius 3 is 2.33 bits per heavy atom. The van der Waals surface area contributed by atoms with Gasteiger partial charge in [0.15, 0.2) is 0 Å². The van der Waals surface area contributed by atoms with Crippen molar-refractivity contribution in [1.29, 1.82) is 0 Å². The SMILES string of the molecule is CC(CCl)S(=O)(=O)N1CC2CCC1CC2. The van der Waals surface area contributed by atoms with E-state index in [9.17, 15) is 8.42 Å². The predicted octanol–water partition coefficient (Wildman–Crippen LogP) is 1.82. The third-order valence-electron chi connectivity index (χ3n) is 3.71. The van der Waals surface area contributed by atoms with Crippen LogP contribution in [0.4, 0.5) is 0 Å². The smallest absolute Gasteiger partial charge is 0.212 e. The van der Waals surface area contributed by atoms with Gasteiger partial charge in [-0.2, -0.15) is 4.31 Å². The van der Waals surface area contributed by atoms with Gasteiger partial charge in [0.05, 0.1) is 5.25 Å². The van der Waals surface area contributed by atoms with Crippen LogP contribution in [0.25, 0.3) is 0 Å². The Kier molecular flexibility index (Phi) is 3.29. The largest absolute Gasteiger partial charge is 0.218 e. The summed E-state index contributed by atoms with van der Waals surface area (Å²) < 4.78 is 26.0. The Morgan fingerprint density at radius 2 is 1.93 bits per heavy atom. The molecule has 1 unspecified atom stereocenters. The summed E-state index contributed by atoms with van der Waals surface area (Å²) in [5.41, 5.74) is 0. The maximum Gasteiger partial charge on any atom is 0.218 e. The molecule has 2 bridgehead atoms. The Hall–Kier alpha value is 0.200. The van der Waals surface area contributed by atoms with Gasteiger partial charge in [-0.3, -0.25) is 0 Å². The molecule has 5 heteroatoms. The predicted molar refractivity (Wildman–Crippen MR) is 61.6 cm³/mol. The summed E-state index contributed by atoms with van der Waals surface area (Å²) in [7, 11) is -3.14. The van der Waals surface area contributed by atoms with E-state index in [1.165, 1.54) is 12.8 Å². The molecule has 88 valence electrons. The van der Waals surface area contributed by atoms with E-state index in [0.717, 1.165) is 19.4 Å². The van der Waals surface area contributed by atoms with Crippen molar-refractivity contribution in [2.45, 2.75) is 43.9 Å². The molecular weight excluding hydrogens is 234 g/mol. The van der Waals surface area contributed by atoms with E-state index >= 15 is 0 Å². The van der Waals surface area contributed by atoms with Crippen molar-refractivity contribution in [2.24, 2.45) is 5.92 Å². The lowest BCUT2D eigenvalue weighted by molar-refractivity contribution is 0.120. The van der Waals surface area contributed by atoms with Crippen LogP contribution in [0.1, 0.15) is 32.6 Å². The van der Waals surface area contributed by atoms with Crippen LogP contribution in [0, 0.1) is 5.92 Å². The summed E-state index contributed by atoms with van der Waals surface area (Å²) in [6, 6.07) is 0.255. The first-order chi connectivity index (χ1) is 7.05. The van der Waals surface area contributed by atoms with Crippen LogP contribution in [-0.2, 0) is 10.0 Å². The molecule has 1 atom stereocenters. The zero-order valence-corrected chi connectivity index (χ0v) is 10.6. The number of rotatable bonds is 3. The molecule has 2 saturated heterocycles. The Balaban J connectivity index is 2.17. The highest BCUT2D eigenvalue weighted by atomic mass is 35.5. The Bertz CT molecular complexity index is 322. The van der Waals surface area contributed by atoms with Gasteiger partial charge in [-0.15, -0.1) is 11.6 Å². The second-order valence-electron chi connectivity index (χ2n) is 4.75. The number of hydrogen-bond donors (Lipinski definition) is 0. The number of piperidine rings is 2. The number of sulfonamides is 1. The van der Waals surface area contributed by atoms with Crippen LogP contribution < -0.4 is 0 Å². The topological polar surface area (TPSA) is 37.4 Å². The third kappa shape index (κ3) is 2.04. The first kappa shape index (κ1) is 11.7. The van der Waals surface area contributed by atoms with Crippen molar-refractivity contribution in [3.63, 3.8) is 0 Å². The van der Waals surface area contributed by atoms with E-state index in [1.807, 2.05) is 0 Å². The standard InChI is InChI=1S/C10H18ClNO2S/c1-8(6-11)15(13,14)12-7-9-2-4-10(12)5-3-9/h8-10H,2-7H2,1H3. The molecule has 15 heavy (non-hydrogen) atoms. The normalized spacial score (nSPS) is 34.3. The van der Waals surface area contributed by atoms with Gasteiger partial charge in [0.25, 0.3) is 0 Å². The Morgan fingerprint density at radius 1 is 1.33 bits per heavy atom. The molecule has 1 saturated carbocycles. The van der Waals surface area contributed by atoms with E-state index in [-0.39, 0.29) is 11.9 Å². The molecule has 2 heterocycles. The van der Waals surface area contributed by atoms with Crippen molar-refractivity contribution in [3.05, 3.63) is 0 Å². The van der Waals surface area contributed by atoms with Crippen LogP contribution in [0.3, 0.4) is 0 Å². The highest BCUT2D eigenvalue weighted by molar-refractivity contribution is 7.89. The van der Waals surface area contributed by atoms with Gasteiger partial charge in [-0.1, -0.05) is 0 Å². The highest BCUT2D eigenvalue weighted by Gasteiger charge is 2.41. The maximum atomic E-state index is 12.1. The van der Waals surface area contributed by atoms with Gasteiger partial charge in [-0.05, 0) is 38.5 Å². The van der Waals surface area contributed by atoms with Crippen LogP contribution >= 0.6 is 11.6 Å². The lowest BCUT2D eigenvalue weighted by Gasteiger charge is -2.45. The first-order valence-corrected chi connectivity index (χ1v) is 7.66. The van der Waals surface area contributed by atoms with Crippen molar-refractivity contribution < 1.29 is 8.42 Å². The van der Waals surface area contributed by atoms with Crippen LogP contribution in [0.2, 0.25) is 0 Å². The monoisotopic (exact) mass is 251 g/mol. The lowest BCUT2D eigenvalue weighted by Crippen LogP contribution is -2.53. The van der Waals surface area contributed by atoms with Gasteiger partial charge < -0.3 is 0 Å². The van der Waals surface area contributed by atoms with Gasteiger partial charge in [-0.25, -0.2) is 8.42 Å². The molecule has 0 amide bonds. The molecule has 3 fully saturated rings. The van der Waals surface area contributed by atoms with Gasteiger partial charge in [0.2, 0.25) is 10.0 Å². The first-order valence-electron chi connectivity index (χ1n) is 5.62. The number of fused-ring (bicyclic) bond motifs is 3. The minimum atomic E-state index is -3.14. The zero-order valence-electron chi connectivity index (χ0n) is 9.02. The molecule has 2 aliphatic heterocycles. The van der Waals surface area contributed by atoms with Gasteiger partial charge in [0.1, 0.15) is 0 Å². The summed E-state index contributed by atoms with van der Waals surface area (Å²) in [4.78, 5) is 0. The molecule has 0 aromatic carbocycles. The summed E-state index contributed by atoms with van der Waals surface area (Å²) in [5, 5.41) is -0.446. The molecule has 0 aromatic heterocycles. The van der Waals surface area contributed by atoms with Crippen molar-refractivity contribution in [3.8, 4) is 0 Å². The second-order valence-corrected chi connectivity index (χ2v) is 7.37. The van der Waals surface area contributed by atoms with Crippen molar-refractivity contribution in [2.75, 3.05) is 12.4 Å². The number of nitrogens with zero attached hydrogens (tertiary/aromatic N) is 1. The van der Waals surface area contributed by atoms with Crippen LogP contribution in [0.5, 0.6) is 0 Å². The minimum Gasteiger partial charge on any atom is -0.212 e. The summed E-state index contributed by atoms with van der Waals surface area (Å²) in [5.74, 6) is 0.781. The maximum absolute atomic E-state index is 12.1. The number of halogens is 1. The fraction of sp³-hybridized carbons (Fsp3) is 1.00. The van der Waals surface area contributed by atoms with Crippen molar-refractivity contribution in [1.82, 2.24) is 4.31 Å². The van der Waals surface area contributed by atoms with E-state index in [0.29, 0.717) is 5.92 Å². The molecule has 0 aromatic rings.